The number of nitrogens with zero attached hydrogens (tertiary/aromatic N) is 4. The molecule has 440 valence electrons. The summed E-state index contributed by atoms with van der Waals surface area (Å²) in [6.45, 7) is 44.5. The molecule has 4 heterocycles. The van der Waals surface area contributed by atoms with Crippen LogP contribution in [-0.4, -0.2) is 0 Å². The Morgan fingerprint density at radius 2 is 0.735 bits per heavy atom. The highest BCUT2D eigenvalue weighted by molar-refractivity contribution is 5.66. The molecule has 1 fully saturated rings. The van der Waals surface area contributed by atoms with Crippen molar-refractivity contribution in [2.75, 3.05) is 0 Å². The van der Waals surface area contributed by atoms with Gasteiger partial charge >= 0.3 is 0 Å². The maximum Gasteiger partial charge on any atom is 0.212 e. The van der Waals surface area contributed by atoms with Crippen molar-refractivity contribution in [2.24, 2.45) is 33.6 Å². The summed E-state index contributed by atoms with van der Waals surface area (Å²) >= 11 is 0. The van der Waals surface area contributed by atoms with Crippen LogP contribution in [0.4, 0.5) is 0 Å². The van der Waals surface area contributed by atoms with Crippen LogP contribution in [0.5, 0.6) is 0 Å². The molecule has 0 N–H and O–H groups in total. The topological polar surface area (TPSA) is 15.5 Å². The van der Waals surface area contributed by atoms with E-state index in [1.54, 1.807) is 5.56 Å². The first-order valence-electron chi connectivity index (χ1n) is 31.2. The minimum Gasteiger partial charge on any atom is -0.201 e. The number of aryl methyl sites for hydroxylation is 16. The highest BCUT2D eigenvalue weighted by atomic mass is 14.9. The van der Waals surface area contributed by atoms with E-state index >= 15 is 0 Å². The minimum absolute atomic E-state index is 0.203. The Labute approximate surface area is 505 Å². The molecule has 0 radical (unpaired) electrons. The van der Waals surface area contributed by atoms with Crippen LogP contribution < -0.4 is 18.3 Å². The highest BCUT2D eigenvalue weighted by Gasteiger charge is 2.23. The third-order valence-electron chi connectivity index (χ3n) is 18.0. The predicted octanol–water partition coefficient (Wildman–Crippen LogP) is 18.9. The van der Waals surface area contributed by atoms with Crippen molar-refractivity contribution < 1.29 is 18.3 Å². The molecule has 9 rings (SSSR count). The van der Waals surface area contributed by atoms with Crippen molar-refractivity contribution in [1.29, 1.82) is 0 Å². The first-order chi connectivity index (χ1) is 38.9. The molecule has 0 saturated heterocycles. The number of hydrogen-bond acceptors (Lipinski definition) is 0. The monoisotopic (exact) mass is 1110 g/mol. The third kappa shape index (κ3) is 16.9. The molecule has 0 unspecified atom stereocenters. The molecule has 83 heavy (non-hydrogen) atoms. The van der Waals surface area contributed by atoms with Gasteiger partial charge < -0.3 is 0 Å². The number of benzene rings is 4. The molecule has 4 aromatic carbocycles. The largest absolute Gasteiger partial charge is 0.212 e. The van der Waals surface area contributed by atoms with Crippen LogP contribution in [0.1, 0.15) is 195 Å². The lowest BCUT2D eigenvalue weighted by molar-refractivity contribution is -0.660. The van der Waals surface area contributed by atoms with E-state index in [2.05, 4.69) is 307 Å². The van der Waals surface area contributed by atoms with Crippen LogP contribution in [0.15, 0.2) is 122 Å². The quantitative estimate of drug-likeness (QED) is 0.128. The standard InChI is InChI=1S/C20H26N.2C20H28N.C19H26N/c1-14-12-20(21(4)13-16(14)3)19-10-9-18(11-15(19)2)17-7-5-6-8-17;1-14-11-19(21(7)13-16(14)3)18-9-8-17(10-15(18)2)12-20(4,5)6;1-7-17(8-2)18-9-10-19(15(4)11-18)20-12-14(3)16(5)13-21(20)6;1-13-11-18(20(7)12-15(13)3)17-9-8-16(10-14(17)2)19(4,5)6/h9-13,17H,5-8H2,1-4H3;8-11,13H,12H2,1-7H3;9-13,17H,7-8H2,1-6H3;8-12H,1-7H3/q4*+1. The van der Waals surface area contributed by atoms with Gasteiger partial charge in [0.1, 0.15) is 28.2 Å². The summed E-state index contributed by atoms with van der Waals surface area (Å²) in [5, 5.41) is 0. The second kappa shape index (κ2) is 27.9. The van der Waals surface area contributed by atoms with Crippen LogP contribution in [0.25, 0.3) is 45.0 Å². The van der Waals surface area contributed by atoms with Crippen LogP contribution >= 0.6 is 0 Å². The SMILES string of the molecule is CCC(CC)c1ccc(-c2cc(C)c(C)c[n+]2C)c(C)c1.Cc1cc(-c2ccc(C(C)(C)C)cc2C)[n+](C)cc1C.Cc1cc(-c2ccc(C3CCCC3)cc2C)[n+](C)cc1C.Cc1cc(-c2ccc(CC(C)(C)C)cc2C)[n+](C)cc1C. The van der Waals surface area contributed by atoms with Crippen molar-refractivity contribution in [2.45, 2.75) is 201 Å². The first-order valence-corrected chi connectivity index (χ1v) is 31.2. The zero-order chi connectivity index (χ0) is 61.4. The molecular weight excluding hydrogens is 1000 g/mol. The molecule has 0 atom stereocenters. The van der Waals surface area contributed by atoms with Crippen molar-refractivity contribution in [1.82, 2.24) is 0 Å². The summed E-state index contributed by atoms with van der Waals surface area (Å²) < 4.78 is 8.94. The molecule has 0 spiro atoms. The van der Waals surface area contributed by atoms with Crippen LogP contribution in [0.3, 0.4) is 0 Å². The molecule has 1 aliphatic carbocycles. The Bertz CT molecular complexity index is 3440. The second-order valence-corrected chi connectivity index (χ2v) is 27.4. The van der Waals surface area contributed by atoms with E-state index < -0.39 is 0 Å². The predicted molar refractivity (Wildman–Crippen MR) is 355 cm³/mol. The van der Waals surface area contributed by atoms with Gasteiger partial charge in [-0.05, 0) is 229 Å². The summed E-state index contributed by atoms with van der Waals surface area (Å²) in [7, 11) is 8.53. The zero-order valence-electron chi connectivity index (χ0n) is 56.4. The molecule has 0 bridgehead atoms. The van der Waals surface area contributed by atoms with Crippen LogP contribution in [0, 0.1) is 88.5 Å². The van der Waals surface area contributed by atoms with E-state index in [0.29, 0.717) is 11.3 Å². The van der Waals surface area contributed by atoms with Gasteiger partial charge in [-0.2, -0.15) is 0 Å². The van der Waals surface area contributed by atoms with Gasteiger partial charge in [0.25, 0.3) is 0 Å². The van der Waals surface area contributed by atoms with E-state index in [4.69, 9.17) is 0 Å². The van der Waals surface area contributed by atoms with Crippen LogP contribution in [0.2, 0.25) is 0 Å². The maximum atomic E-state index is 2.42. The molecule has 4 nitrogen and oxygen atoms in total. The van der Waals surface area contributed by atoms with Gasteiger partial charge in [-0.25, -0.2) is 18.3 Å². The smallest absolute Gasteiger partial charge is 0.201 e. The molecule has 0 aliphatic heterocycles. The fraction of sp³-hybridized carbons (Fsp3) is 0.443. The molecule has 4 aromatic heterocycles. The maximum absolute atomic E-state index is 2.42. The van der Waals surface area contributed by atoms with Crippen molar-refractivity contribution >= 4 is 0 Å². The van der Waals surface area contributed by atoms with Gasteiger partial charge in [-0.3, -0.25) is 0 Å². The number of hydrogen-bond donors (Lipinski definition) is 0. The highest BCUT2D eigenvalue weighted by Crippen LogP contribution is 2.37. The van der Waals surface area contributed by atoms with Crippen molar-refractivity contribution in [3.63, 3.8) is 0 Å². The molecule has 1 aliphatic rings. The number of rotatable bonds is 9. The normalized spacial score (nSPS) is 12.6. The minimum atomic E-state index is 0.203. The van der Waals surface area contributed by atoms with Gasteiger partial charge in [0.05, 0.1) is 0 Å². The lowest BCUT2D eigenvalue weighted by Gasteiger charge is -2.20. The fourth-order valence-corrected chi connectivity index (χ4v) is 12.2. The second-order valence-electron chi connectivity index (χ2n) is 27.4. The lowest BCUT2D eigenvalue weighted by Crippen LogP contribution is -2.31. The lowest BCUT2D eigenvalue weighted by atomic mass is 9.85. The zero-order valence-corrected chi connectivity index (χ0v) is 56.4. The van der Waals surface area contributed by atoms with Crippen LogP contribution in [-0.2, 0) is 40.0 Å². The Balaban J connectivity index is 0.000000178. The van der Waals surface area contributed by atoms with E-state index in [-0.39, 0.29) is 5.41 Å². The van der Waals surface area contributed by atoms with Crippen molar-refractivity contribution in [3.8, 4) is 45.0 Å². The number of pyridine rings is 4. The Hall–Kier alpha value is -6.52. The van der Waals surface area contributed by atoms with Gasteiger partial charge in [0.2, 0.25) is 22.8 Å². The fourth-order valence-electron chi connectivity index (χ4n) is 12.2. The first kappa shape index (κ1) is 65.6. The molecule has 4 heteroatoms. The Morgan fingerprint density at radius 3 is 1.07 bits per heavy atom. The molecule has 1 saturated carbocycles. The average Bonchev–Trinajstić information content (AvgIpc) is 4.07. The summed E-state index contributed by atoms with van der Waals surface area (Å²) in [4.78, 5) is 0. The van der Waals surface area contributed by atoms with Gasteiger partial charge in [0.15, 0.2) is 24.8 Å². The van der Waals surface area contributed by atoms with Gasteiger partial charge in [-0.1, -0.05) is 117 Å². The summed E-state index contributed by atoms with van der Waals surface area (Å²) in [6, 6.07) is 37.0. The molecule has 8 aromatic rings. The molecule has 0 amide bonds. The summed E-state index contributed by atoms with van der Waals surface area (Å²) in [5.74, 6) is 1.48. The summed E-state index contributed by atoms with van der Waals surface area (Å²) in [5.41, 5.74) is 33.2. The average molecular weight is 1110 g/mol. The van der Waals surface area contributed by atoms with Crippen molar-refractivity contribution in [3.05, 3.63) is 211 Å². The Morgan fingerprint density at radius 1 is 0.386 bits per heavy atom. The summed E-state index contributed by atoms with van der Waals surface area (Å²) in [6.07, 6.45) is 18.0. The van der Waals surface area contributed by atoms with E-state index in [9.17, 15) is 0 Å². The van der Waals surface area contributed by atoms with Gasteiger partial charge in [-0.15, -0.1) is 0 Å². The van der Waals surface area contributed by atoms with E-state index in [1.807, 2.05) is 0 Å². The Kier molecular flexibility index (Phi) is 22.1. The van der Waals surface area contributed by atoms with E-state index in [0.717, 1.165) is 12.3 Å². The van der Waals surface area contributed by atoms with Gasteiger partial charge in [0, 0.05) is 68.8 Å². The third-order valence-corrected chi connectivity index (χ3v) is 18.0. The number of aromatic nitrogens is 4. The molecular formula is C79H108N4+4. The van der Waals surface area contributed by atoms with E-state index in [1.165, 1.54) is 167 Å².